The van der Waals surface area contributed by atoms with E-state index in [0.717, 1.165) is 23.5 Å². The molecule has 2 nitrogen and oxygen atoms in total. The lowest BCUT2D eigenvalue weighted by atomic mass is 10.1. The zero-order chi connectivity index (χ0) is 13.0. The van der Waals surface area contributed by atoms with Crippen LogP contribution >= 0.6 is 0 Å². The molecule has 0 aliphatic rings. The number of carbonyl (C=O) groups excluding carboxylic acids is 1. The largest absolute Gasteiger partial charge is 0.342 e. The second kappa shape index (κ2) is 5.50. The summed E-state index contributed by atoms with van der Waals surface area (Å²) < 4.78 is 0. The van der Waals surface area contributed by atoms with Crippen LogP contribution < -0.4 is 4.90 Å². The molecule has 0 atom stereocenters. The van der Waals surface area contributed by atoms with Gasteiger partial charge in [-0.05, 0) is 50.2 Å². The minimum Gasteiger partial charge on any atom is -0.342 e. The van der Waals surface area contributed by atoms with Crippen LogP contribution in [-0.2, 0) is 0 Å². The van der Waals surface area contributed by atoms with Crippen molar-refractivity contribution in [3.63, 3.8) is 0 Å². The Balaban J connectivity index is 2.31. The molecule has 2 rings (SSSR count). The van der Waals surface area contributed by atoms with Gasteiger partial charge in [-0.1, -0.05) is 18.2 Å². The summed E-state index contributed by atoms with van der Waals surface area (Å²) in [6, 6.07) is 18.0. The Bertz CT molecular complexity index is 517. The maximum absolute atomic E-state index is 11.3. The lowest BCUT2D eigenvalue weighted by Gasteiger charge is -2.23. The molecule has 18 heavy (non-hydrogen) atoms. The monoisotopic (exact) mass is 239 g/mol. The van der Waals surface area contributed by atoms with Crippen LogP contribution in [0.2, 0.25) is 0 Å². The number of hydrogen-bond acceptors (Lipinski definition) is 2. The van der Waals surface area contributed by atoms with Crippen LogP contribution in [0.25, 0.3) is 0 Å². The number of nitrogens with zero attached hydrogens (tertiary/aromatic N) is 1. The fourth-order valence-corrected chi connectivity index (χ4v) is 2.00. The third kappa shape index (κ3) is 2.59. The van der Waals surface area contributed by atoms with Crippen molar-refractivity contribution in [1.82, 2.24) is 0 Å². The summed E-state index contributed by atoms with van der Waals surface area (Å²) in [5.74, 6) is 0.101. The Hall–Kier alpha value is -2.09. The number of ketones is 1. The van der Waals surface area contributed by atoms with Gasteiger partial charge in [0.25, 0.3) is 0 Å². The molecule has 0 fully saturated rings. The van der Waals surface area contributed by atoms with Gasteiger partial charge in [-0.25, -0.2) is 0 Å². The molecule has 2 aromatic carbocycles. The predicted molar refractivity (Wildman–Crippen MR) is 75.6 cm³/mol. The van der Waals surface area contributed by atoms with E-state index in [1.165, 1.54) is 0 Å². The third-order valence-corrected chi connectivity index (χ3v) is 2.97. The summed E-state index contributed by atoms with van der Waals surface area (Å²) in [4.78, 5) is 13.5. The Kier molecular flexibility index (Phi) is 3.78. The van der Waals surface area contributed by atoms with Gasteiger partial charge in [-0.3, -0.25) is 4.79 Å². The van der Waals surface area contributed by atoms with E-state index in [4.69, 9.17) is 0 Å². The highest BCUT2D eigenvalue weighted by molar-refractivity contribution is 5.94. The SMILES string of the molecule is CCN(c1ccccc1)c1ccc(C(C)=O)cc1. The number of Topliss-reactive ketones (excluding diaryl/α,β-unsaturated/α-hetero) is 1. The zero-order valence-electron chi connectivity index (χ0n) is 10.8. The number of para-hydroxylation sites is 1. The second-order valence-electron chi connectivity index (χ2n) is 4.18. The van der Waals surface area contributed by atoms with E-state index < -0.39 is 0 Å². The van der Waals surface area contributed by atoms with Crippen LogP contribution in [0.15, 0.2) is 54.6 Å². The normalized spacial score (nSPS) is 10.1. The molecular formula is C16H17NO. The summed E-state index contributed by atoms with van der Waals surface area (Å²) >= 11 is 0. The van der Waals surface area contributed by atoms with Crippen molar-refractivity contribution in [3.05, 3.63) is 60.2 Å². The summed E-state index contributed by atoms with van der Waals surface area (Å²) in [6.07, 6.45) is 0. The molecule has 0 heterocycles. The Morgan fingerprint density at radius 1 is 0.944 bits per heavy atom. The van der Waals surface area contributed by atoms with Gasteiger partial charge in [-0.15, -0.1) is 0 Å². The van der Waals surface area contributed by atoms with Crippen molar-refractivity contribution in [2.45, 2.75) is 13.8 Å². The van der Waals surface area contributed by atoms with Crippen LogP contribution in [0.4, 0.5) is 11.4 Å². The van der Waals surface area contributed by atoms with Crippen LogP contribution in [-0.4, -0.2) is 12.3 Å². The average molecular weight is 239 g/mol. The number of hydrogen-bond donors (Lipinski definition) is 0. The average Bonchev–Trinajstić information content (AvgIpc) is 2.41. The van der Waals surface area contributed by atoms with Crippen molar-refractivity contribution in [1.29, 1.82) is 0 Å². The van der Waals surface area contributed by atoms with Gasteiger partial charge in [0.15, 0.2) is 5.78 Å². The summed E-state index contributed by atoms with van der Waals surface area (Å²) in [5, 5.41) is 0. The molecule has 0 saturated carbocycles. The molecule has 0 aromatic heterocycles. The van der Waals surface area contributed by atoms with Crippen molar-refractivity contribution in [2.24, 2.45) is 0 Å². The molecule has 0 radical (unpaired) electrons. The van der Waals surface area contributed by atoms with E-state index in [2.05, 4.69) is 24.0 Å². The highest BCUT2D eigenvalue weighted by Gasteiger charge is 2.07. The molecular weight excluding hydrogens is 222 g/mol. The molecule has 92 valence electrons. The third-order valence-electron chi connectivity index (χ3n) is 2.97. The minimum atomic E-state index is 0.101. The first-order valence-corrected chi connectivity index (χ1v) is 6.16. The Morgan fingerprint density at radius 3 is 2.00 bits per heavy atom. The molecule has 2 aromatic rings. The summed E-state index contributed by atoms with van der Waals surface area (Å²) in [6.45, 7) is 4.60. The molecule has 0 saturated heterocycles. The first-order valence-electron chi connectivity index (χ1n) is 6.16. The number of anilines is 2. The molecule has 2 heteroatoms. The van der Waals surface area contributed by atoms with E-state index in [1.807, 2.05) is 42.5 Å². The van der Waals surface area contributed by atoms with Crippen LogP contribution in [0.1, 0.15) is 24.2 Å². The summed E-state index contributed by atoms with van der Waals surface area (Å²) in [5.41, 5.74) is 3.02. The standard InChI is InChI=1S/C16H17NO/c1-3-17(15-7-5-4-6-8-15)16-11-9-14(10-12-16)13(2)18/h4-12H,3H2,1-2H3. The van der Waals surface area contributed by atoms with E-state index in [1.54, 1.807) is 6.92 Å². The maximum atomic E-state index is 11.3. The molecule has 0 unspecified atom stereocenters. The molecule has 0 bridgehead atoms. The van der Waals surface area contributed by atoms with Gasteiger partial charge in [0.05, 0.1) is 0 Å². The van der Waals surface area contributed by atoms with Crippen LogP contribution in [0, 0.1) is 0 Å². The zero-order valence-corrected chi connectivity index (χ0v) is 10.8. The molecule has 0 spiro atoms. The highest BCUT2D eigenvalue weighted by atomic mass is 16.1. The topological polar surface area (TPSA) is 20.3 Å². The van der Waals surface area contributed by atoms with Gasteiger partial charge in [0.1, 0.15) is 0 Å². The van der Waals surface area contributed by atoms with E-state index in [9.17, 15) is 4.79 Å². The van der Waals surface area contributed by atoms with Gasteiger partial charge in [0.2, 0.25) is 0 Å². The quantitative estimate of drug-likeness (QED) is 0.750. The van der Waals surface area contributed by atoms with Gasteiger partial charge < -0.3 is 4.90 Å². The fourth-order valence-electron chi connectivity index (χ4n) is 2.00. The van der Waals surface area contributed by atoms with Crippen molar-refractivity contribution >= 4 is 17.2 Å². The first-order chi connectivity index (χ1) is 8.72. The molecule has 0 aliphatic carbocycles. The molecule has 0 N–H and O–H groups in total. The lowest BCUT2D eigenvalue weighted by molar-refractivity contribution is 0.101. The second-order valence-corrected chi connectivity index (χ2v) is 4.18. The van der Waals surface area contributed by atoms with E-state index in [0.29, 0.717) is 0 Å². The van der Waals surface area contributed by atoms with Crippen molar-refractivity contribution in [2.75, 3.05) is 11.4 Å². The maximum Gasteiger partial charge on any atom is 0.159 e. The minimum absolute atomic E-state index is 0.101. The smallest absolute Gasteiger partial charge is 0.159 e. The predicted octanol–water partition coefficient (Wildman–Crippen LogP) is 4.05. The number of rotatable bonds is 4. The highest BCUT2D eigenvalue weighted by Crippen LogP contribution is 2.24. The van der Waals surface area contributed by atoms with E-state index in [-0.39, 0.29) is 5.78 Å². The first kappa shape index (κ1) is 12.4. The van der Waals surface area contributed by atoms with Crippen LogP contribution in [0.5, 0.6) is 0 Å². The number of carbonyl (C=O) groups is 1. The number of benzene rings is 2. The summed E-state index contributed by atoms with van der Waals surface area (Å²) in [7, 11) is 0. The Labute approximate surface area is 108 Å². The van der Waals surface area contributed by atoms with Crippen molar-refractivity contribution < 1.29 is 4.79 Å². The van der Waals surface area contributed by atoms with E-state index >= 15 is 0 Å². The lowest BCUT2D eigenvalue weighted by Crippen LogP contribution is -2.15. The van der Waals surface area contributed by atoms with Crippen molar-refractivity contribution in [3.8, 4) is 0 Å². The van der Waals surface area contributed by atoms with Gasteiger partial charge in [0, 0.05) is 23.5 Å². The Morgan fingerprint density at radius 2 is 1.50 bits per heavy atom. The molecule has 0 amide bonds. The van der Waals surface area contributed by atoms with Gasteiger partial charge in [-0.2, -0.15) is 0 Å². The van der Waals surface area contributed by atoms with Crippen LogP contribution in [0.3, 0.4) is 0 Å². The molecule has 0 aliphatic heterocycles. The van der Waals surface area contributed by atoms with Gasteiger partial charge >= 0.3 is 0 Å². The fraction of sp³-hybridized carbons (Fsp3) is 0.188.